The van der Waals surface area contributed by atoms with Gasteiger partial charge in [0.1, 0.15) is 11.5 Å². The second-order valence-electron chi connectivity index (χ2n) is 7.89. The Balaban J connectivity index is 1.61. The molecule has 8 nitrogen and oxygen atoms in total. The van der Waals surface area contributed by atoms with Gasteiger partial charge in [0.05, 0.1) is 25.3 Å². The molecule has 0 saturated heterocycles. The Labute approximate surface area is 163 Å². The lowest BCUT2D eigenvalue weighted by molar-refractivity contribution is 0.0566. The van der Waals surface area contributed by atoms with E-state index in [2.05, 4.69) is 28.7 Å². The van der Waals surface area contributed by atoms with E-state index in [0.717, 1.165) is 30.9 Å². The van der Waals surface area contributed by atoms with Crippen molar-refractivity contribution in [2.45, 2.75) is 51.6 Å². The average molecular weight is 383 g/mol. The van der Waals surface area contributed by atoms with Crippen molar-refractivity contribution >= 4 is 11.9 Å². The summed E-state index contributed by atoms with van der Waals surface area (Å²) in [7, 11) is 1.32. The second-order valence-corrected chi connectivity index (χ2v) is 7.89. The summed E-state index contributed by atoms with van der Waals surface area (Å²) in [6.07, 6.45) is 4.50. The second kappa shape index (κ2) is 7.33. The van der Waals surface area contributed by atoms with Gasteiger partial charge in [-0.05, 0) is 37.3 Å². The first-order valence-electron chi connectivity index (χ1n) is 9.78. The van der Waals surface area contributed by atoms with Gasteiger partial charge < -0.3 is 9.64 Å². The smallest absolute Gasteiger partial charge is 0.339 e. The zero-order valence-electron chi connectivity index (χ0n) is 16.5. The monoisotopic (exact) mass is 383 g/mol. The zero-order chi connectivity index (χ0) is 19.8. The first-order valence-corrected chi connectivity index (χ1v) is 9.78. The Kier molecular flexibility index (Phi) is 4.87. The van der Waals surface area contributed by atoms with Gasteiger partial charge in [0.25, 0.3) is 5.91 Å². The van der Waals surface area contributed by atoms with Gasteiger partial charge in [-0.1, -0.05) is 13.8 Å². The summed E-state index contributed by atoms with van der Waals surface area (Å²) >= 11 is 0. The molecule has 28 heavy (non-hydrogen) atoms. The fourth-order valence-corrected chi connectivity index (χ4v) is 3.62. The van der Waals surface area contributed by atoms with Crippen LogP contribution in [0.4, 0.5) is 0 Å². The van der Waals surface area contributed by atoms with Crippen LogP contribution in [0.15, 0.2) is 18.3 Å². The predicted octanol–water partition coefficient (Wildman–Crippen LogP) is 2.58. The van der Waals surface area contributed by atoms with Crippen molar-refractivity contribution in [3.05, 3.63) is 41.2 Å². The van der Waals surface area contributed by atoms with E-state index in [1.165, 1.54) is 13.3 Å². The molecule has 1 amide bonds. The summed E-state index contributed by atoms with van der Waals surface area (Å²) in [6, 6.07) is 3.03. The fourth-order valence-electron chi connectivity index (χ4n) is 3.62. The predicted molar refractivity (Wildman–Crippen MR) is 101 cm³/mol. The summed E-state index contributed by atoms with van der Waals surface area (Å²) in [4.78, 5) is 35.6. The maximum Gasteiger partial charge on any atom is 0.339 e. The number of aromatic nitrogens is 4. The maximum atomic E-state index is 13.2. The number of amides is 1. The number of carbonyl (C=O) groups excluding carboxylic acids is 2. The molecule has 1 saturated carbocycles. The molecule has 0 bridgehead atoms. The molecule has 2 aliphatic rings. The van der Waals surface area contributed by atoms with Crippen molar-refractivity contribution in [1.82, 2.24) is 24.6 Å². The molecule has 2 aromatic rings. The van der Waals surface area contributed by atoms with E-state index >= 15 is 0 Å². The summed E-state index contributed by atoms with van der Waals surface area (Å²) in [6.45, 7) is 5.49. The Hall–Kier alpha value is -2.77. The van der Waals surface area contributed by atoms with Gasteiger partial charge in [-0.15, -0.1) is 0 Å². The minimum absolute atomic E-state index is 0.122. The van der Waals surface area contributed by atoms with Crippen LogP contribution in [0.2, 0.25) is 0 Å². The van der Waals surface area contributed by atoms with Gasteiger partial charge in [-0.2, -0.15) is 5.10 Å². The molecular formula is C20H25N5O3. The lowest BCUT2D eigenvalue weighted by Crippen LogP contribution is -2.43. The van der Waals surface area contributed by atoms with E-state index in [9.17, 15) is 9.59 Å². The number of esters is 1. The van der Waals surface area contributed by atoms with Gasteiger partial charge in [-0.25, -0.2) is 14.5 Å². The molecule has 3 heterocycles. The number of hydrogen-bond donors (Lipinski definition) is 0. The van der Waals surface area contributed by atoms with E-state index in [1.54, 1.807) is 12.1 Å². The van der Waals surface area contributed by atoms with Gasteiger partial charge in [0.15, 0.2) is 5.82 Å². The van der Waals surface area contributed by atoms with Crippen molar-refractivity contribution in [2.24, 2.45) is 5.92 Å². The van der Waals surface area contributed by atoms with E-state index in [0.29, 0.717) is 36.2 Å². The number of hydrogen-bond acceptors (Lipinski definition) is 6. The minimum atomic E-state index is -0.470. The normalized spacial score (nSPS) is 18.9. The van der Waals surface area contributed by atoms with Crippen LogP contribution in [-0.4, -0.2) is 50.2 Å². The van der Waals surface area contributed by atoms with Crippen molar-refractivity contribution in [3.8, 4) is 0 Å². The lowest BCUT2D eigenvalue weighted by atomic mass is 9.99. The van der Waals surface area contributed by atoms with Crippen molar-refractivity contribution in [3.63, 3.8) is 0 Å². The Morgan fingerprint density at radius 3 is 2.64 bits per heavy atom. The van der Waals surface area contributed by atoms with Gasteiger partial charge in [0.2, 0.25) is 0 Å². The molecule has 0 N–H and O–H groups in total. The van der Waals surface area contributed by atoms with Gasteiger partial charge >= 0.3 is 5.97 Å². The van der Waals surface area contributed by atoms with Crippen LogP contribution in [0.25, 0.3) is 0 Å². The standard InChI is InChI=1S/C20H25N5O3/c1-12(2)10-16-18-22-17(13-4-5-13)23-25(18)9-8-24(16)19(26)15-7-6-14(11-21-15)20(27)28-3/h6-7,11-13,16H,4-5,8-10H2,1-3H3/t16-/m0/s1. The highest BCUT2D eigenvalue weighted by molar-refractivity contribution is 5.94. The third-order valence-corrected chi connectivity index (χ3v) is 5.25. The van der Waals surface area contributed by atoms with Crippen molar-refractivity contribution in [2.75, 3.05) is 13.7 Å². The molecule has 8 heteroatoms. The lowest BCUT2D eigenvalue weighted by Gasteiger charge is -2.35. The van der Waals surface area contributed by atoms with Crippen LogP contribution in [0.1, 0.15) is 77.6 Å². The largest absolute Gasteiger partial charge is 0.465 e. The molecule has 0 spiro atoms. The highest BCUT2D eigenvalue weighted by atomic mass is 16.5. The minimum Gasteiger partial charge on any atom is -0.465 e. The van der Waals surface area contributed by atoms with Crippen LogP contribution >= 0.6 is 0 Å². The van der Waals surface area contributed by atoms with Crippen molar-refractivity contribution in [1.29, 1.82) is 0 Å². The number of pyridine rings is 1. The first-order chi connectivity index (χ1) is 13.5. The van der Waals surface area contributed by atoms with Crippen LogP contribution in [0.3, 0.4) is 0 Å². The van der Waals surface area contributed by atoms with E-state index in [1.807, 2.05) is 9.58 Å². The van der Waals surface area contributed by atoms with Gasteiger partial charge in [-0.3, -0.25) is 9.78 Å². The van der Waals surface area contributed by atoms with Crippen molar-refractivity contribution < 1.29 is 14.3 Å². The molecule has 1 fully saturated rings. The van der Waals surface area contributed by atoms with E-state index < -0.39 is 5.97 Å². The van der Waals surface area contributed by atoms with E-state index in [4.69, 9.17) is 4.98 Å². The molecule has 1 aliphatic heterocycles. The first kappa shape index (κ1) is 18.6. The molecule has 2 aromatic heterocycles. The highest BCUT2D eigenvalue weighted by Gasteiger charge is 2.37. The summed E-state index contributed by atoms with van der Waals surface area (Å²) in [5.41, 5.74) is 0.641. The quantitative estimate of drug-likeness (QED) is 0.737. The third-order valence-electron chi connectivity index (χ3n) is 5.25. The Morgan fingerprint density at radius 1 is 1.25 bits per heavy atom. The Morgan fingerprint density at radius 2 is 2.04 bits per heavy atom. The number of nitrogens with zero attached hydrogens (tertiary/aromatic N) is 5. The summed E-state index contributed by atoms with van der Waals surface area (Å²) in [5.74, 6) is 2.06. The molecular weight excluding hydrogens is 358 g/mol. The van der Waals surface area contributed by atoms with Crippen LogP contribution < -0.4 is 0 Å². The zero-order valence-corrected chi connectivity index (χ0v) is 16.5. The van der Waals surface area contributed by atoms with Crippen LogP contribution in [0.5, 0.6) is 0 Å². The summed E-state index contributed by atoms with van der Waals surface area (Å²) < 4.78 is 6.66. The number of rotatable bonds is 5. The fraction of sp³-hybridized carbons (Fsp3) is 0.550. The third kappa shape index (κ3) is 3.50. The van der Waals surface area contributed by atoms with Gasteiger partial charge in [0, 0.05) is 18.7 Å². The SMILES string of the molecule is COC(=O)c1ccc(C(=O)N2CCn3nc(C4CC4)nc3[C@@H]2CC(C)C)nc1. The molecule has 0 aromatic carbocycles. The molecule has 4 rings (SSSR count). The number of carbonyl (C=O) groups is 2. The molecule has 1 aliphatic carbocycles. The molecule has 148 valence electrons. The van der Waals surface area contributed by atoms with Crippen LogP contribution in [0, 0.1) is 5.92 Å². The Bertz CT molecular complexity index is 886. The highest BCUT2D eigenvalue weighted by Crippen LogP contribution is 2.40. The van der Waals surface area contributed by atoms with E-state index in [-0.39, 0.29) is 11.9 Å². The topological polar surface area (TPSA) is 90.2 Å². The number of fused-ring (bicyclic) bond motifs is 1. The number of methoxy groups -OCH3 is 1. The molecule has 1 atom stereocenters. The number of ether oxygens (including phenoxy) is 1. The average Bonchev–Trinajstić information content (AvgIpc) is 3.45. The molecule has 0 unspecified atom stereocenters. The molecule has 0 radical (unpaired) electrons. The maximum absolute atomic E-state index is 13.2. The summed E-state index contributed by atoms with van der Waals surface area (Å²) in [5, 5.41) is 4.68. The van der Waals surface area contributed by atoms with Crippen LogP contribution in [-0.2, 0) is 11.3 Å².